The number of nitrogens with zero attached hydrogens (tertiary/aromatic N) is 2. The van der Waals surface area contributed by atoms with E-state index in [0.29, 0.717) is 22.3 Å². The number of rotatable bonds is 4. The third-order valence-electron chi connectivity index (χ3n) is 3.88. The maximum Gasteiger partial charge on any atom is 0.416 e. The van der Waals surface area contributed by atoms with Crippen LogP contribution in [0.25, 0.3) is 11.3 Å². The van der Waals surface area contributed by atoms with E-state index in [2.05, 4.69) is 18.8 Å². The zero-order valence-electron chi connectivity index (χ0n) is 14.8. The van der Waals surface area contributed by atoms with Crippen molar-refractivity contribution in [3.05, 3.63) is 69.3 Å². The third kappa shape index (κ3) is 4.82. The summed E-state index contributed by atoms with van der Waals surface area (Å²) in [5.41, 5.74) is 1.54. The molecular weight excluding hydrogens is 393 g/mol. The third-order valence-corrected chi connectivity index (χ3v) is 5.00. The minimum atomic E-state index is -4.39. The van der Waals surface area contributed by atoms with Crippen molar-refractivity contribution in [3.63, 3.8) is 0 Å². The molecule has 3 aromatic rings. The number of aromatic nitrogens is 1. The Kier molecular flexibility index (Phi) is 5.77. The number of hydrogen-bond donors (Lipinski definition) is 0. The highest BCUT2D eigenvalue weighted by atomic mass is 35.5. The second-order valence-electron chi connectivity index (χ2n) is 6.57. The van der Waals surface area contributed by atoms with Gasteiger partial charge in [-0.25, -0.2) is 4.99 Å². The lowest BCUT2D eigenvalue weighted by atomic mass is 10.1. The monoisotopic (exact) mass is 410 g/mol. The lowest BCUT2D eigenvalue weighted by Crippen LogP contribution is -2.19. The largest absolute Gasteiger partial charge is 0.416 e. The smallest absolute Gasteiger partial charge is 0.316 e. The van der Waals surface area contributed by atoms with Gasteiger partial charge in [0, 0.05) is 16.9 Å². The number of hydrogen-bond acceptors (Lipinski definition) is 2. The molecule has 1 aromatic heterocycles. The van der Waals surface area contributed by atoms with Crippen LogP contribution in [-0.4, -0.2) is 4.57 Å². The molecule has 0 radical (unpaired) electrons. The lowest BCUT2D eigenvalue weighted by Gasteiger charge is -2.12. The molecule has 0 saturated carbocycles. The Hall–Kier alpha value is -2.05. The molecule has 1 heterocycles. The molecule has 0 unspecified atom stereocenters. The van der Waals surface area contributed by atoms with Crippen LogP contribution in [0.2, 0.25) is 5.02 Å². The SMILES string of the molecule is CC(C)Cn1c(-c2ccc(Cl)cc2)csc1=Nc1cccc(C(F)(F)F)c1. The number of halogens is 4. The summed E-state index contributed by atoms with van der Waals surface area (Å²) in [6.45, 7) is 4.88. The fourth-order valence-corrected chi connectivity index (χ4v) is 3.74. The van der Waals surface area contributed by atoms with Crippen molar-refractivity contribution in [1.82, 2.24) is 4.57 Å². The number of benzene rings is 2. The zero-order valence-corrected chi connectivity index (χ0v) is 16.4. The summed E-state index contributed by atoms with van der Waals surface area (Å²) in [5.74, 6) is 0.353. The van der Waals surface area contributed by atoms with Gasteiger partial charge in [0.25, 0.3) is 0 Å². The summed E-state index contributed by atoms with van der Waals surface area (Å²) < 4.78 is 40.9. The first-order valence-electron chi connectivity index (χ1n) is 8.40. The average Bonchev–Trinajstić information content (AvgIpc) is 2.97. The molecule has 0 bridgehead atoms. The molecule has 0 fully saturated rings. The van der Waals surface area contributed by atoms with Crippen molar-refractivity contribution in [1.29, 1.82) is 0 Å². The summed E-state index contributed by atoms with van der Waals surface area (Å²) >= 11 is 7.38. The second-order valence-corrected chi connectivity index (χ2v) is 7.85. The highest BCUT2D eigenvalue weighted by molar-refractivity contribution is 7.07. The fourth-order valence-electron chi connectivity index (χ4n) is 2.67. The molecule has 0 aliphatic carbocycles. The average molecular weight is 411 g/mol. The summed E-state index contributed by atoms with van der Waals surface area (Å²) in [6.07, 6.45) is -4.39. The van der Waals surface area contributed by atoms with Crippen molar-refractivity contribution < 1.29 is 13.2 Å². The van der Waals surface area contributed by atoms with Crippen molar-refractivity contribution in [2.24, 2.45) is 10.9 Å². The molecule has 0 amide bonds. The van der Waals surface area contributed by atoms with Gasteiger partial charge in [-0.05, 0) is 41.8 Å². The van der Waals surface area contributed by atoms with Crippen LogP contribution >= 0.6 is 22.9 Å². The van der Waals surface area contributed by atoms with Gasteiger partial charge < -0.3 is 4.57 Å². The Morgan fingerprint density at radius 3 is 2.44 bits per heavy atom. The zero-order chi connectivity index (χ0) is 19.6. The predicted molar refractivity (Wildman–Crippen MR) is 104 cm³/mol. The Balaban J connectivity index is 2.10. The minimum absolute atomic E-state index is 0.284. The Labute approximate surface area is 164 Å². The standard InChI is InChI=1S/C20H18ClF3N2S/c1-13(2)11-26-18(14-6-8-16(21)9-7-14)12-27-19(26)25-17-5-3-4-15(10-17)20(22,23)24/h3-10,12-13H,11H2,1-2H3. The minimum Gasteiger partial charge on any atom is -0.316 e. The van der Waals surface area contributed by atoms with Crippen LogP contribution in [0.15, 0.2) is 58.9 Å². The first-order valence-corrected chi connectivity index (χ1v) is 9.66. The maximum absolute atomic E-state index is 13.0. The van der Waals surface area contributed by atoms with Gasteiger partial charge in [0.2, 0.25) is 0 Å². The topological polar surface area (TPSA) is 17.3 Å². The van der Waals surface area contributed by atoms with Gasteiger partial charge in [-0.3, -0.25) is 0 Å². The Morgan fingerprint density at radius 1 is 1.11 bits per heavy atom. The Bertz CT molecular complexity index is 985. The molecule has 2 nitrogen and oxygen atoms in total. The van der Waals surface area contributed by atoms with E-state index in [1.807, 2.05) is 34.2 Å². The highest BCUT2D eigenvalue weighted by Crippen LogP contribution is 2.31. The van der Waals surface area contributed by atoms with Gasteiger partial charge in [-0.15, -0.1) is 11.3 Å². The maximum atomic E-state index is 13.0. The van der Waals surface area contributed by atoms with Gasteiger partial charge in [-0.1, -0.05) is 43.6 Å². The van der Waals surface area contributed by atoms with Crippen LogP contribution in [0.1, 0.15) is 19.4 Å². The Morgan fingerprint density at radius 2 is 1.81 bits per heavy atom. The predicted octanol–water partition coefficient (Wildman–Crippen LogP) is 6.78. The molecule has 142 valence electrons. The van der Waals surface area contributed by atoms with E-state index in [1.165, 1.54) is 17.4 Å². The van der Waals surface area contributed by atoms with Crippen LogP contribution in [-0.2, 0) is 12.7 Å². The van der Waals surface area contributed by atoms with Crippen molar-refractivity contribution in [2.45, 2.75) is 26.6 Å². The van der Waals surface area contributed by atoms with Crippen LogP contribution in [0.4, 0.5) is 18.9 Å². The number of thiazole rings is 1. The molecule has 0 saturated heterocycles. The fraction of sp³-hybridized carbons (Fsp3) is 0.250. The van der Waals surface area contributed by atoms with E-state index in [9.17, 15) is 13.2 Å². The van der Waals surface area contributed by atoms with Crippen molar-refractivity contribution >= 4 is 28.6 Å². The summed E-state index contributed by atoms with van der Waals surface area (Å²) in [6, 6.07) is 12.6. The molecule has 0 N–H and O–H groups in total. The lowest BCUT2D eigenvalue weighted by molar-refractivity contribution is -0.137. The number of alkyl halides is 3. The first kappa shape index (κ1) is 19.7. The molecule has 0 atom stereocenters. The molecular formula is C20H18ClF3N2S. The van der Waals surface area contributed by atoms with Gasteiger partial charge in [0.05, 0.1) is 16.9 Å². The molecule has 2 aromatic carbocycles. The van der Waals surface area contributed by atoms with Crippen LogP contribution in [0.3, 0.4) is 0 Å². The summed E-state index contributed by atoms with van der Waals surface area (Å²) in [5, 5.41) is 2.62. The summed E-state index contributed by atoms with van der Waals surface area (Å²) in [4.78, 5) is 5.15. The van der Waals surface area contributed by atoms with Gasteiger partial charge >= 0.3 is 6.18 Å². The van der Waals surface area contributed by atoms with E-state index >= 15 is 0 Å². The molecule has 0 aliphatic heterocycles. The van der Waals surface area contributed by atoms with Crippen LogP contribution < -0.4 is 4.80 Å². The van der Waals surface area contributed by atoms with E-state index in [1.54, 1.807) is 6.07 Å². The van der Waals surface area contributed by atoms with E-state index < -0.39 is 11.7 Å². The molecule has 27 heavy (non-hydrogen) atoms. The van der Waals surface area contributed by atoms with Crippen molar-refractivity contribution in [2.75, 3.05) is 0 Å². The second kappa shape index (κ2) is 7.90. The van der Waals surface area contributed by atoms with Crippen LogP contribution in [0.5, 0.6) is 0 Å². The van der Waals surface area contributed by atoms with Gasteiger partial charge in [0.1, 0.15) is 0 Å². The first-order chi connectivity index (χ1) is 12.7. The van der Waals surface area contributed by atoms with Crippen molar-refractivity contribution in [3.8, 4) is 11.3 Å². The van der Waals surface area contributed by atoms with Gasteiger partial charge in [-0.2, -0.15) is 13.2 Å². The van der Waals surface area contributed by atoms with Crippen LogP contribution in [0, 0.1) is 5.92 Å². The van der Waals surface area contributed by atoms with E-state index in [4.69, 9.17) is 11.6 Å². The molecule has 0 aliphatic rings. The molecule has 3 rings (SSSR count). The van der Waals surface area contributed by atoms with E-state index in [0.717, 1.165) is 23.4 Å². The normalized spacial score (nSPS) is 12.8. The summed E-state index contributed by atoms with van der Waals surface area (Å²) in [7, 11) is 0. The van der Waals surface area contributed by atoms with E-state index in [-0.39, 0.29) is 5.69 Å². The quantitative estimate of drug-likeness (QED) is 0.451. The highest BCUT2D eigenvalue weighted by Gasteiger charge is 2.30. The van der Waals surface area contributed by atoms with Gasteiger partial charge in [0.15, 0.2) is 4.80 Å². The molecule has 7 heteroatoms. The molecule has 0 spiro atoms.